The molecule has 0 aliphatic rings. The highest BCUT2D eigenvalue weighted by Crippen LogP contribution is 2.40. The minimum atomic E-state index is 0.0630. The van der Waals surface area contributed by atoms with E-state index in [9.17, 15) is 0 Å². The van der Waals surface area contributed by atoms with Gasteiger partial charge in [0.25, 0.3) is 0 Å². The molecule has 0 bridgehead atoms. The molecule has 0 saturated carbocycles. The summed E-state index contributed by atoms with van der Waals surface area (Å²) in [5.41, 5.74) is 7.98. The fourth-order valence-electron chi connectivity index (χ4n) is 5.20. The molecule has 0 amide bonds. The molecule has 0 spiro atoms. The SMILES string of the molecule is COc1ccc(Nc2nnc(-c3ccc(C(c4c[nH]c5ccccc45)c4c[nH]c5ccccc45)cc3)s2)cc1. The van der Waals surface area contributed by atoms with Crippen LogP contribution in [-0.4, -0.2) is 27.3 Å². The molecule has 0 saturated heterocycles. The zero-order chi connectivity index (χ0) is 26.2. The third kappa shape index (κ3) is 4.32. The van der Waals surface area contributed by atoms with Crippen molar-refractivity contribution in [2.45, 2.75) is 5.92 Å². The van der Waals surface area contributed by atoms with E-state index in [1.165, 1.54) is 38.8 Å². The molecule has 3 N–H and O–H groups in total. The summed E-state index contributed by atoms with van der Waals surface area (Å²) >= 11 is 1.53. The summed E-state index contributed by atoms with van der Waals surface area (Å²) in [5.74, 6) is 0.880. The summed E-state index contributed by atoms with van der Waals surface area (Å²) in [6, 6.07) is 33.4. The van der Waals surface area contributed by atoms with E-state index < -0.39 is 0 Å². The van der Waals surface area contributed by atoms with Crippen LogP contribution in [-0.2, 0) is 0 Å². The van der Waals surface area contributed by atoms with Gasteiger partial charge in [-0.3, -0.25) is 0 Å². The second kappa shape index (κ2) is 9.78. The van der Waals surface area contributed by atoms with E-state index in [0.29, 0.717) is 0 Å². The number of ether oxygens (including phenoxy) is 1. The smallest absolute Gasteiger partial charge is 0.210 e. The molecular weight excluding hydrogens is 502 g/mol. The Morgan fingerprint density at radius 2 is 1.33 bits per heavy atom. The fourth-order valence-corrected chi connectivity index (χ4v) is 5.97. The Hall–Kier alpha value is -4.88. The lowest BCUT2D eigenvalue weighted by Crippen LogP contribution is -2.02. The van der Waals surface area contributed by atoms with Crippen LogP contribution in [0.2, 0.25) is 0 Å². The van der Waals surface area contributed by atoms with Crippen LogP contribution in [0.15, 0.2) is 109 Å². The lowest BCUT2D eigenvalue weighted by molar-refractivity contribution is 0.415. The van der Waals surface area contributed by atoms with Crippen molar-refractivity contribution in [3.05, 3.63) is 126 Å². The summed E-state index contributed by atoms with van der Waals surface area (Å²) in [6.07, 6.45) is 4.29. The van der Waals surface area contributed by atoms with Gasteiger partial charge in [-0.15, -0.1) is 10.2 Å². The van der Waals surface area contributed by atoms with E-state index in [4.69, 9.17) is 4.74 Å². The standard InChI is InChI=1S/C32H25N5OS/c1-38-23-16-14-22(15-17-23)35-32-37-36-31(39-32)21-12-10-20(11-13-21)30(26-18-33-28-8-4-2-6-24(26)28)27-19-34-29-9-5-3-7-25(27)29/h2-19,30,33-34H,1H3,(H,35,37). The molecule has 0 aliphatic carbocycles. The van der Waals surface area contributed by atoms with Crippen LogP contribution in [0.5, 0.6) is 5.75 Å². The van der Waals surface area contributed by atoms with Crippen LogP contribution < -0.4 is 10.1 Å². The van der Waals surface area contributed by atoms with Gasteiger partial charge in [0.2, 0.25) is 5.13 Å². The molecule has 0 atom stereocenters. The number of para-hydroxylation sites is 2. The van der Waals surface area contributed by atoms with Crippen molar-refractivity contribution in [2.24, 2.45) is 0 Å². The maximum atomic E-state index is 5.24. The van der Waals surface area contributed by atoms with Gasteiger partial charge in [0.15, 0.2) is 0 Å². The van der Waals surface area contributed by atoms with E-state index in [1.807, 2.05) is 24.3 Å². The third-order valence-corrected chi connectivity index (χ3v) is 8.01. The Kier molecular flexibility index (Phi) is 5.83. The fraction of sp³-hybridized carbons (Fsp3) is 0.0625. The first kappa shape index (κ1) is 23.3. The summed E-state index contributed by atoms with van der Waals surface area (Å²) in [4.78, 5) is 6.95. The van der Waals surface area contributed by atoms with E-state index >= 15 is 0 Å². The second-order valence-corrected chi connectivity index (χ2v) is 10.4. The molecule has 4 aromatic carbocycles. The van der Waals surface area contributed by atoms with Crippen LogP contribution in [0.25, 0.3) is 32.4 Å². The highest BCUT2D eigenvalue weighted by Gasteiger charge is 2.23. The predicted molar refractivity (Wildman–Crippen MR) is 159 cm³/mol. The number of H-pyrrole nitrogens is 2. The summed E-state index contributed by atoms with van der Waals surface area (Å²) in [7, 11) is 1.66. The lowest BCUT2D eigenvalue weighted by atomic mass is 9.84. The number of anilines is 2. The number of nitrogens with one attached hydrogen (secondary N) is 3. The number of hydrogen-bond acceptors (Lipinski definition) is 5. The molecule has 7 heteroatoms. The molecule has 0 radical (unpaired) electrons. The second-order valence-electron chi connectivity index (χ2n) is 9.40. The zero-order valence-corrected chi connectivity index (χ0v) is 22.0. The summed E-state index contributed by atoms with van der Waals surface area (Å²) < 4.78 is 5.24. The Balaban J connectivity index is 1.23. The van der Waals surface area contributed by atoms with Crippen molar-refractivity contribution in [2.75, 3.05) is 12.4 Å². The number of nitrogens with zero attached hydrogens (tertiary/aromatic N) is 2. The van der Waals surface area contributed by atoms with Crippen molar-refractivity contribution in [3.8, 4) is 16.3 Å². The van der Waals surface area contributed by atoms with Crippen LogP contribution in [0.1, 0.15) is 22.6 Å². The molecule has 7 rings (SSSR count). The molecule has 6 nitrogen and oxygen atoms in total. The highest BCUT2D eigenvalue weighted by atomic mass is 32.1. The van der Waals surface area contributed by atoms with Crippen LogP contribution >= 0.6 is 11.3 Å². The normalized spacial score (nSPS) is 11.4. The Bertz CT molecular complexity index is 1810. The minimum Gasteiger partial charge on any atom is -0.497 e. The number of aromatic nitrogens is 4. The molecule has 0 aliphatic heterocycles. The van der Waals surface area contributed by atoms with Crippen molar-refractivity contribution in [3.63, 3.8) is 0 Å². The van der Waals surface area contributed by atoms with Gasteiger partial charge in [-0.2, -0.15) is 0 Å². The van der Waals surface area contributed by atoms with Gasteiger partial charge in [-0.05, 0) is 53.1 Å². The highest BCUT2D eigenvalue weighted by molar-refractivity contribution is 7.18. The van der Waals surface area contributed by atoms with Crippen molar-refractivity contribution in [1.82, 2.24) is 20.2 Å². The first-order valence-electron chi connectivity index (χ1n) is 12.7. The van der Waals surface area contributed by atoms with Crippen LogP contribution in [0, 0.1) is 0 Å². The Morgan fingerprint density at radius 3 is 1.95 bits per heavy atom. The molecule has 0 unspecified atom stereocenters. The van der Waals surface area contributed by atoms with Crippen molar-refractivity contribution >= 4 is 44.0 Å². The number of rotatable bonds is 7. The average Bonchev–Trinajstić information content (AvgIpc) is 3.74. The molecule has 190 valence electrons. The van der Waals surface area contributed by atoms with Crippen LogP contribution in [0.3, 0.4) is 0 Å². The van der Waals surface area contributed by atoms with Crippen molar-refractivity contribution < 1.29 is 4.74 Å². The number of benzene rings is 4. The van der Waals surface area contributed by atoms with E-state index in [1.54, 1.807) is 7.11 Å². The molecular formula is C32H25N5OS. The molecule has 7 aromatic rings. The molecule has 39 heavy (non-hydrogen) atoms. The summed E-state index contributed by atoms with van der Waals surface area (Å²) in [6.45, 7) is 0. The van der Waals surface area contributed by atoms with Gasteiger partial charge in [0.05, 0.1) is 7.11 Å². The van der Waals surface area contributed by atoms with Gasteiger partial charge >= 0.3 is 0 Å². The van der Waals surface area contributed by atoms with Gasteiger partial charge < -0.3 is 20.0 Å². The number of fused-ring (bicyclic) bond motifs is 2. The quantitative estimate of drug-likeness (QED) is 0.196. The van der Waals surface area contributed by atoms with Gasteiger partial charge in [-0.25, -0.2) is 0 Å². The molecule has 3 heterocycles. The van der Waals surface area contributed by atoms with Crippen LogP contribution in [0.4, 0.5) is 10.8 Å². The van der Waals surface area contributed by atoms with Gasteiger partial charge in [0, 0.05) is 51.4 Å². The minimum absolute atomic E-state index is 0.0630. The average molecular weight is 528 g/mol. The third-order valence-electron chi connectivity index (χ3n) is 7.12. The van der Waals surface area contributed by atoms with Gasteiger partial charge in [-0.1, -0.05) is 72.0 Å². The maximum Gasteiger partial charge on any atom is 0.210 e. The number of aromatic amines is 2. The Labute approximate surface area is 229 Å². The lowest BCUT2D eigenvalue weighted by Gasteiger charge is -2.18. The molecule has 3 aromatic heterocycles. The zero-order valence-electron chi connectivity index (χ0n) is 21.2. The molecule has 0 fully saturated rings. The monoisotopic (exact) mass is 527 g/mol. The number of methoxy groups -OCH3 is 1. The van der Waals surface area contributed by atoms with E-state index in [2.05, 4.69) is 111 Å². The predicted octanol–water partition coefficient (Wildman–Crippen LogP) is 8.10. The number of hydrogen-bond donors (Lipinski definition) is 3. The first-order chi connectivity index (χ1) is 19.3. The van der Waals surface area contributed by atoms with E-state index in [-0.39, 0.29) is 5.92 Å². The largest absolute Gasteiger partial charge is 0.497 e. The summed E-state index contributed by atoms with van der Waals surface area (Å²) in [5, 5.41) is 16.2. The topological polar surface area (TPSA) is 78.6 Å². The maximum absolute atomic E-state index is 5.24. The van der Waals surface area contributed by atoms with Crippen molar-refractivity contribution in [1.29, 1.82) is 0 Å². The van der Waals surface area contributed by atoms with Gasteiger partial charge in [0.1, 0.15) is 10.8 Å². The Morgan fingerprint density at radius 1 is 0.718 bits per heavy atom. The first-order valence-corrected chi connectivity index (χ1v) is 13.6. The van der Waals surface area contributed by atoms with E-state index in [0.717, 1.165) is 38.2 Å².